The number of ether oxygens (including phenoxy) is 4. The maximum atomic E-state index is 5.90. The number of hydrogen-bond acceptors (Lipinski definition) is 5. The van der Waals surface area contributed by atoms with Gasteiger partial charge in [0.1, 0.15) is 0 Å². The Bertz CT molecular complexity index is 545. The van der Waals surface area contributed by atoms with Crippen LogP contribution in [-0.4, -0.2) is 52.6 Å². The van der Waals surface area contributed by atoms with Gasteiger partial charge in [-0.15, -0.1) is 0 Å². The van der Waals surface area contributed by atoms with E-state index in [1.54, 1.807) is 14.2 Å². The second-order valence-corrected chi connectivity index (χ2v) is 5.85. The fraction of sp³-hybridized carbons (Fsp3) is 0.611. The Hall–Kier alpha value is -1.99. The summed E-state index contributed by atoms with van der Waals surface area (Å²) in [6.07, 6.45) is 3.21. The summed E-state index contributed by atoms with van der Waals surface area (Å²) in [5.41, 5.74) is 6.90. The van der Waals surface area contributed by atoms with Crippen LogP contribution >= 0.6 is 0 Å². The van der Waals surface area contributed by atoms with Crippen LogP contribution in [0.15, 0.2) is 23.2 Å². The minimum atomic E-state index is 0.338. The van der Waals surface area contributed by atoms with Crippen LogP contribution in [0.1, 0.15) is 24.8 Å². The van der Waals surface area contributed by atoms with Gasteiger partial charge in [-0.05, 0) is 37.0 Å². The van der Waals surface area contributed by atoms with Crippen molar-refractivity contribution in [2.45, 2.75) is 31.9 Å². The molecule has 7 nitrogen and oxygen atoms in total. The highest BCUT2D eigenvalue weighted by molar-refractivity contribution is 5.77. The molecule has 0 amide bonds. The van der Waals surface area contributed by atoms with Crippen molar-refractivity contribution in [3.63, 3.8) is 0 Å². The summed E-state index contributed by atoms with van der Waals surface area (Å²) < 4.78 is 21.6. The zero-order chi connectivity index (χ0) is 17.9. The number of nitrogens with zero attached hydrogens (tertiary/aromatic N) is 1. The Morgan fingerprint density at radius 3 is 2.72 bits per heavy atom. The number of aliphatic imine (C=N–C) groups is 1. The Morgan fingerprint density at radius 2 is 2.00 bits per heavy atom. The Kier molecular flexibility index (Phi) is 8.34. The van der Waals surface area contributed by atoms with Gasteiger partial charge in [-0.25, -0.2) is 4.99 Å². The topological polar surface area (TPSA) is 87.3 Å². The lowest BCUT2D eigenvalue weighted by Crippen LogP contribution is -2.33. The van der Waals surface area contributed by atoms with Gasteiger partial charge in [0.25, 0.3) is 0 Å². The van der Waals surface area contributed by atoms with E-state index in [1.807, 2.05) is 18.2 Å². The smallest absolute Gasteiger partial charge is 0.188 e. The van der Waals surface area contributed by atoms with Gasteiger partial charge in [0.2, 0.25) is 0 Å². The van der Waals surface area contributed by atoms with Gasteiger partial charge in [-0.1, -0.05) is 6.07 Å². The molecule has 0 aliphatic carbocycles. The molecule has 0 atom stereocenters. The average molecular weight is 351 g/mol. The summed E-state index contributed by atoms with van der Waals surface area (Å²) in [5, 5.41) is 3.11. The van der Waals surface area contributed by atoms with Crippen molar-refractivity contribution in [1.82, 2.24) is 5.32 Å². The molecule has 1 saturated heterocycles. The maximum Gasteiger partial charge on any atom is 0.188 e. The summed E-state index contributed by atoms with van der Waals surface area (Å²) in [5.74, 6) is 1.82. The van der Waals surface area contributed by atoms with E-state index in [9.17, 15) is 0 Å². The lowest BCUT2D eigenvalue weighted by molar-refractivity contribution is -0.0320. The predicted octanol–water partition coefficient (Wildman–Crippen LogP) is 1.69. The number of nitrogens with two attached hydrogens (primary N) is 1. The van der Waals surface area contributed by atoms with Crippen LogP contribution in [0.25, 0.3) is 0 Å². The van der Waals surface area contributed by atoms with Crippen LogP contribution in [0, 0.1) is 0 Å². The molecule has 140 valence electrons. The lowest BCUT2D eigenvalue weighted by atomic mass is 10.1. The highest BCUT2D eigenvalue weighted by Gasteiger charge is 2.13. The summed E-state index contributed by atoms with van der Waals surface area (Å²) in [7, 11) is 3.23. The molecule has 0 radical (unpaired) electrons. The van der Waals surface area contributed by atoms with Gasteiger partial charge < -0.3 is 30.0 Å². The van der Waals surface area contributed by atoms with Gasteiger partial charge >= 0.3 is 0 Å². The molecular formula is C18H29N3O4. The molecule has 1 heterocycles. The minimum absolute atomic E-state index is 0.338. The van der Waals surface area contributed by atoms with E-state index in [2.05, 4.69) is 10.3 Å². The van der Waals surface area contributed by atoms with Gasteiger partial charge in [0.15, 0.2) is 17.5 Å². The average Bonchev–Trinajstić information content (AvgIpc) is 2.66. The molecule has 0 bridgehead atoms. The monoisotopic (exact) mass is 351 g/mol. The van der Waals surface area contributed by atoms with Crippen molar-refractivity contribution < 1.29 is 18.9 Å². The number of nitrogens with one attached hydrogen (secondary N) is 1. The van der Waals surface area contributed by atoms with Crippen LogP contribution in [0.4, 0.5) is 0 Å². The first kappa shape index (κ1) is 19.3. The van der Waals surface area contributed by atoms with E-state index in [0.717, 1.165) is 51.2 Å². The lowest BCUT2D eigenvalue weighted by Gasteiger charge is -2.22. The summed E-state index contributed by atoms with van der Waals surface area (Å²) in [6.45, 7) is 3.56. The number of methoxy groups -OCH3 is 2. The normalized spacial score (nSPS) is 15.8. The summed E-state index contributed by atoms with van der Waals surface area (Å²) >= 11 is 0. The van der Waals surface area contributed by atoms with Crippen molar-refractivity contribution in [2.75, 3.05) is 40.6 Å². The van der Waals surface area contributed by atoms with Crippen molar-refractivity contribution >= 4 is 5.96 Å². The number of guanidine groups is 1. The molecule has 0 saturated carbocycles. The number of hydrogen-bond donors (Lipinski definition) is 2. The van der Waals surface area contributed by atoms with Crippen LogP contribution in [0.3, 0.4) is 0 Å². The third-order valence-electron chi connectivity index (χ3n) is 4.03. The van der Waals surface area contributed by atoms with Gasteiger partial charge in [-0.2, -0.15) is 0 Å². The predicted molar refractivity (Wildman–Crippen MR) is 97.3 cm³/mol. The van der Waals surface area contributed by atoms with E-state index in [0.29, 0.717) is 30.1 Å². The molecule has 0 unspecified atom stereocenters. The van der Waals surface area contributed by atoms with Crippen LogP contribution in [0.5, 0.6) is 11.5 Å². The molecule has 2 rings (SSSR count). The molecule has 0 aromatic heterocycles. The SMILES string of the molecule is COc1ccc(CN=C(N)NCCCOC2CCOCC2)cc1OC. The third kappa shape index (κ3) is 6.80. The van der Waals surface area contributed by atoms with Crippen molar-refractivity contribution in [1.29, 1.82) is 0 Å². The number of benzene rings is 1. The molecule has 0 spiro atoms. The Morgan fingerprint density at radius 1 is 1.24 bits per heavy atom. The third-order valence-corrected chi connectivity index (χ3v) is 4.03. The van der Waals surface area contributed by atoms with Gasteiger partial charge in [0, 0.05) is 26.4 Å². The fourth-order valence-corrected chi connectivity index (χ4v) is 2.59. The molecule has 1 fully saturated rings. The van der Waals surface area contributed by atoms with E-state index in [-0.39, 0.29) is 0 Å². The first-order valence-electron chi connectivity index (χ1n) is 8.67. The van der Waals surface area contributed by atoms with Crippen LogP contribution < -0.4 is 20.5 Å². The van der Waals surface area contributed by atoms with Crippen molar-refractivity contribution in [2.24, 2.45) is 10.7 Å². The quantitative estimate of drug-likeness (QED) is 0.400. The van der Waals surface area contributed by atoms with Crippen molar-refractivity contribution in [3.8, 4) is 11.5 Å². The molecule has 3 N–H and O–H groups in total. The first-order valence-corrected chi connectivity index (χ1v) is 8.67. The molecular weight excluding hydrogens is 322 g/mol. The minimum Gasteiger partial charge on any atom is -0.493 e. The van der Waals surface area contributed by atoms with E-state index < -0.39 is 0 Å². The van der Waals surface area contributed by atoms with Crippen LogP contribution in [-0.2, 0) is 16.0 Å². The standard InChI is InChI=1S/C18H29N3O4/c1-22-16-5-4-14(12-17(16)23-2)13-21-18(19)20-8-3-9-25-15-6-10-24-11-7-15/h4-5,12,15H,3,6-11,13H2,1-2H3,(H3,19,20,21). The fourth-order valence-electron chi connectivity index (χ4n) is 2.59. The summed E-state index contributed by atoms with van der Waals surface area (Å²) in [6, 6.07) is 5.71. The second-order valence-electron chi connectivity index (χ2n) is 5.85. The summed E-state index contributed by atoms with van der Waals surface area (Å²) in [4.78, 5) is 4.34. The Balaban J connectivity index is 1.65. The van der Waals surface area contributed by atoms with Crippen LogP contribution in [0.2, 0.25) is 0 Å². The zero-order valence-corrected chi connectivity index (χ0v) is 15.1. The number of rotatable bonds is 9. The van der Waals surface area contributed by atoms with Gasteiger partial charge in [-0.3, -0.25) is 0 Å². The highest BCUT2D eigenvalue weighted by atomic mass is 16.5. The van der Waals surface area contributed by atoms with Crippen molar-refractivity contribution in [3.05, 3.63) is 23.8 Å². The van der Waals surface area contributed by atoms with Gasteiger partial charge in [0.05, 0.1) is 26.9 Å². The highest BCUT2D eigenvalue weighted by Crippen LogP contribution is 2.27. The second kappa shape index (κ2) is 10.8. The van der Waals surface area contributed by atoms with E-state index >= 15 is 0 Å². The maximum absolute atomic E-state index is 5.90. The molecule has 1 aromatic rings. The van der Waals surface area contributed by atoms with E-state index in [4.69, 9.17) is 24.7 Å². The van der Waals surface area contributed by atoms with E-state index in [1.165, 1.54) is 0 Å². The molecule has 1 aliphatic heterocycles. The molecule has 1 aromatic carbocycles. The first-order chi connectivity index (χ1) is 12.2. The largest absolute Gasteiger partial charge is 0.493 e. The molecule has 7 heteroatoms. The Labute approximate surface area is 149 Å². The molecule has 1 aliphatic rings. The zero-order valence-electron chi connectivity index (χ0n) is 15.1. The molecule has 25 heavy (non-hydrogen) atoms.